The van der Waals surface area contributed by atoms with Crippen molar-refractivity contribution in [3.63, 3.8) is 0 Å². The van der Waals surface area contributed by atoms with Crippen LogP contribution in [0, 0.1) is 5.92 Å². The zero-order valence-corrected chi connectivity index (χ0v) is 19.5. The second-order valence-electron chi connectivity index (χ2n) is 9.26. The fourth-order valence-corrected chi connectivity index (χ4v) is 4.58. The first kappa shape index (κ1) is 24.9. The van der Waals surface area contributed by atoms with Crippen LogP contribution in [0.3, 0.4) is 0 Å². The molecule has 1 amide bonds. The fourth-order valence-electron chi connectivity index (χ4n) is 4.58. The summed E-state index contributed by atoms with van der Waals surface area (Å²) in [5.74, 6) is 1.08. The summed E-state index contributed by atoms with van der Waals surface area (Å²) in [5, 5.41) is 3.12. The smallest absolute Gasteiger partial charge is 0.219 e. The first-order valence-electron chi connectivity index (χ1n) is 12.8. The summed E-state index contributed by atoms with van der Waals surface area (Å²) in [6, 6.07) is 10.9. The average molecular weight is 415 g/mol. The van der Waals surface area contributed by atoms with Crippen LogP contribution in [-0.4, -0.2) is 37.0 Å². The molecule has 1 aromatic rings. The molecule has 0 radical (unpaired) electrons. The maximum atomic E-state index is 12.0. The first-order valence-corrected chi connectivity index (χ1v) is 12.8. The molecular formula is C27H46N2O. The Labute approximate surface area is 186 Å². The standard InChI is InChI=1S/C27H46N2O/c1-2-3-4-5-6-7-8-9-13-17-27(30)28-20-14-21-29-22-18-26(19-23-29)24-25-15-11-10-12-16-25/h10-12,15-16,26H,2-9,13-14,17-24H2,1H3,(H,28,30). The topological polar surface area (TPSA) is 32.3 Å². The van der Waals surface area contributed by atoms with Crippen molar-refractivity contribution in [3.05, 3.63) is 35.9 Å². The van der Waals surface area contributed by atoms with Crippen LogP contribution in [0.5, 0.6) is 0 Å². The number of piperidine rings is 1. The van der Waals surface area contributed by atoms with Gasteiger partial charge in [0.25, 0.3) is 0 Å². The van der Waals surface area contributed by atoms with E-state index in [0.717, 1.165) is 31.8 Å². The van der Waals surface area contributed by atoms with E-state index < -0.39 is 0 Å². The number of benzene rings is 1. The Hall–Kier alpha value is -1.35. The van der Waals surface area contributed by atoms with Crippen molar-refractivity contribution < 1.29 is 4.79 Å². The molecule has 0 aromatic heterocycles. The number of nitrogens with one attached hydrogen (secondary N) is 1. The molecule has 0 atom stereocenters. The van der Waals surface area contributed by atoms with E-state index in [1.165, 1.54) is 89.3 Å². The number of amides is 1. The summed E-state index contributed by atoms with van der Waals surface area (Å²) in [4.78, 5) is 14.6. The maximum absolute atomic E-state index is 12.0. The minimum absolute atomic E-state index is 0.250. The minimum atomic E-state index is 0.250. The summed E-state index contributed by atoms with van der Waals surface area (Å²) < 4.78 is 0. The molecule has 1 N–H and O–H groups in total. The second-order valence-corrected chi connectivity index (χ2v) is 9.26. The fraction of sp³-hybridized carbons (Fsp3) is 0.741. The lowest BCUT2D eigenvalue weighted by atomic mass is 9.90. The van der Waals surface area contributed by atoms with Crippen molar-refractivity contribution in [2.75, 3.05) is 26.2 Å². The summed E-state index contributed by atoms with van der Waals surface area (Å²) in [7, 11) is 0. The predicted molar refractivity (Wildman–Crippen MR) is 129 cm³/mol. The lowest BCUT2D eigenvalue weighted by molar-refractivity contribution is -0.121. The van der Waals surface area contributed by atoms with E-state index >= 15 is 0 Å². The number of carbonyl (C=O) groups excluding carboxylic acids is 1. The third-order valence-electron chi connectivity index (χ3n) is 6.56. The maximum Gasteiger partial charge on any atom is 0.219 e. The molecule has 0 aliphatic carbocycles. The molecule has 30 heavy (non-hydrogen) atoms. The van der Waals surface area contributed by atoms with Crippen molar-refractivity contribution in [1.29, 1.82) is 0 Å². The number of hydrogen-bond donors (Lipinski definition) is 1. The third kappa shape index (κ3) is 11.7. The van der Waals surface area contributed by atoms with Crippen LogP contribution in [0.25, 0.3) is 0 Å². The second kappa shape index (κ2) is 16.4. The Morgan fingerprint density at radius 3 is 2.20 bits per heavy atom. The van der Waals surface area contributed by atoms with Gasteiger partial charge in [0.1, 0.15) is 0 Å². The van der Waals surface area contributed by atoms with Crippen LogP contribution in [0.2, 0.25) is 0 Å². The number of carbonyl (C=O) groups is 1. The lowest BCUT2D eigenvalue weighted by Crippen LogP contribution is -2.36. The van der Waals surface area contributed by atoms with Gasteiger partial charge in [0.2, 0.25) is 5.91 Å². The van der Waals surface area contributed by atoms with Gasteiger partial charge in [0.15, 0.2) is 0 Å². The molecule has 3 nitrogen and oxygen atoms in total. The summed E-state index contributed by atoms with van der Waals surface area (Å²) in [6.07, 6.45) is 17.4. The van der Waals surface area contributed by atoms with Crippen LogP contribution in [0.1, 0.15) is 96.0 Å². The molecule has 1 fully saturated rings. The van der Waals surface area contributed by atoms with E-state index in [4.69, 9.17) is 0 Å². The molecule has 1 saturated heterocycles. The minimum Gasteiger partial charge on any atom is -0.356 e. The molecule has 0 unspecified atom stereocenters. The number of rotatable bonds is 16. The zero-order chi connectivity index (χ0) is 21.3. The van der Waals surface area contributed by atoms with Gasteiger partial charge in [-0.05, 0) is 63.2 Å². The molecule has 0 saturated carbocycles. The molecule has 3 heteroatoms. The van der Waals surface area contributed by atoms with Crippen LogP contribution >= 0.6 is 0 Å². The van der Waals surface area contributed by atoms with E-state index in [9.17, 15) is 4.79 Å². The SMILES string of the molecule is CCCCCCCCCCCC(=O)NCCCN1CCC(Cc2ccccc2)CC1. The summed E-state index contributed by atoms with van der Waals surface area (Å²) >= 11 is 0. The van der Waals surface area contributed by atoms with Gasteiger partial charge in [0, 0.05) is 13.0 Å². The Kier molecular flexibility index (Phi) is 13.6. The molecular weight excluding hydrogens is 368 g/mol. The molecule has 1 aromatic carbocycles. The number of hydrogen-bond acceptors (Lipinski definition) is 2. The van der Waals surface area contributed by atoms with Gasteiger partial charge in [-0.15, -0.1) is 0 Å². The van der Waals surface area contributed by atoms with Crippen LogP contribution in [-0.2, 0) is 11.2 Å². The van der Waals surface area contributed by atoms with Crippen molar-refractivity contribution in [2.45, 2.75) is 96.8 Å². The van der Waals surface area contributed by atoms with E-state index in [2.05, 4.69) is 47.5 Å². The largest absolute Gasteiger partial charge is 0.356 e. The summed E-state index contributed by atoms with van der Waals surface area (Å²) in [6.45, 7) is 6.64. The van der Waals surface area contributed by atoms with Crippen molar-refractivity contribution in [1.82, 2.24) is 10.2 Å². The predicted octanol–water partition coefficient (Wildman–Crippen LogP) is 6.37. The normalized spacial score (nSPS) is 15.4. The molecule has 1 heterocycles. The van der Waals surface area contributed by atoms with E-state index in [-0.39, 0.29) is 5.91 Å². The quantitative estimate of drug-likeness (QED) is 0.319. The molecule has 170 valence electrons. The lowest BCUT2D eigenvalue weighted by Gasteiger charge is -2.32. The monoisotopic (exact) mass is 414 g/mol. The first-order chi connectivity index (χ1) is 14.8. The number of nitrogens with zero attached hydrogens (tertiary/aromatic N) is 1. The Morgan fingerprint density at radius 1 is 0.900 bits per heavy atom. The van der Waals surface area contributed by atoms with Gasteiger partial charge in [-0.1, -0.05) is 88.6 Å². The van der Waals surface area contributed by atoms with E-state index in [1.807, 2.05) is 0 Å². The average Bonchev–Trinajstić information content (AvgIpc) is 2.77. The van der Waals surface area contributed by atoms with Gasteiger partial charge in [-0.3, -0.25) is 4.79 Å². The Bertz CT molecular complexity index is 537. The third-order valence-corrected chi connectivity index (χ3v) is 6.56. The van der Waals surface area contributed by atoms with Gasteiger partial charge in [-0.25, -0.2) is 0 Å². The molecule has 1 aliphatic rings. The molecule has 0 bridgehead atoms. The molecule has 1 aliphatic heterocycles. The van der Waals surface area contributed by atoms with Crippen LogP contribution in [0.15, 0.2) is 30.3 Å². The highest BCUT2D eigenvalue weighted by Gasteiger charge is 2.19. The number of unbranched alkanes of at least 4 members (excludes halogenated alkanes) is 8. The number of likely N-dealkylation sites (tertiary alicyclic amines) is 1. The van der Waals surface area contributed by atoms with Gasteiger partial charge >= 0.3 is 0 Å². The van der Waals surface area contributed by atoms with Gasteiger partial charge in [-0.2, -0.15) is 0 Å². The Balaban J connectivity index is 1.38. The van der Waals surface area contributed by atoms with Crippen molar-refractivity contribution >= 4 is 5.91 Å². The van der Waals surface area contributed by atoms with Gasteiger partial charge < -0.3 is 10.2 Å². The van der Waals surface area contributed by atoms with Crippen LogP contribution < -0.4 is 5.32 Å². The summed E-state index contributed by atoms with van der Waals surface area (Å²) in [5.41, 5.74) is 1.48. The molecule has 2 rings (SSSR count). The zero-order valence-electron chi connectivity index (χ0n) is 19.5. The highest BCUT2D eigenvalue weighted by atomic mass is 16.1. The highest BCUT2D eigenvalue weighted by molar-refractivity contribution is 5.75. The van der Waals surface area contributed by atoms with Crippen molar-refractivity contribution in [3.8, 4) is 0 Å². The van der Waals surface area contributed by atoms with Crippen molar-refractivity contribution in [2.24, 2.45) is 5.92 Å². The van der Waals surface area contributed by atoms with Crippen LogP contribution in [0.4, 0.5) is 0 Å². The van der Waals surface area contributed by atoms with E-state index in [0.29, 0.717) is 6.42 Å². The van der Waals surface area contributed by atoms with E-state index in [1.54, 1.807) is 0 Å². The highest BCUT2D eigenvalue weighted by Crippen LogP contribution is 2.21. The molecule has 0 spiro atoms. The van der Waals surface area contributed by atoms with Gasteiger partial charge in [0.05, 0.1) is 0 Å². The Morgan fingerprint density at radius 2 is 1.53 bits per heavy atom.